The minimum absolute atomic E-state index is 0.430. The Labute approximate surface area is 125 Å². The maximum absolute atomic E-state index is 8.23. The zero-order valence-electron chi connectivity index (χ0n) is 12.1. The van der Waals surface area contributed by atoms with Crippen molar-refractivity contribution in [3.05, 3.63) is 59.9 Å². The van der Waals surface area contributed by atoms with Gasteiger partial charge in [-0.05, 0) is 48.9 Å². The summed E-state index contributed by atoms with van der Waals surface area (Å²) in [6.45, 7) is 2.96. The van der Waals surface area contributed by atoms with Crippen LogP contribution in [0.15, 0.2) is 48.7 Å². The Balaban J connectivity index is 2.20. The van der Waals surface area contributed by atoms with Crippen molar-refractivity contribution < 1.29 is 0 Å². The summed E-state index contributed by atoms with van der Waals surface area (Å²) in [6.07, 6.45) is 6.35. The Bertz CT molecular complexity index is 632. The third kappa shape index (κ3) is 4.18. The molecule has 0 spiro atoms. The third-order valence-electron chi connectivity index (χ3n) is 3.01. The summed E-state index contributed by atoms with van der Waals surface area (Å²) in [5.41, 5.74) is 9.52. The Morgan fingerprint density at radius 3 is 2.90 bits per heavy atom. The standard InChI is InChI=1S/C17H20N4/c1-2-10-21-17-12-13(18)6-8-15(17)16(19)9-7-14-5-3-4-11-20-14/h3-9,11-12,19,21H,2,10,18H2,1H3/b9-7+,19-16?. The Hall–Kier alpha value is -2.62. The van der Waals surface area contributed by atoms with Crippen LogP contribution in [-0.2, 0) is 0 Å². The minimum Gasteiger partial charge on any atom is -0.399 e. The Morgan fingerprint density at radius 1 is 1.33 bits per heavy atom. The lowest BCUT2D eigenvalue weighted by molar-refractivity contribution is 0.979. The van der Waals surface area contributed by atoms with Gasteiger partial charge in [0.1, 0.15) is 0 Å². The monoisotopic (exact) mass is 280 g/mol. The van der Waals surface area contributed by atoms with Crippen molar-refractivity contribution in [3.8, 4) is 0 Å². The van der Waals surface area contributed by atoms with Crippen molar-refractivity contribution in [1.29, 1.82) is 5.41 Å². The van der Waals surface area contributed by atoms with Gasteiger partial charge in [0.05, 0.1) is 11.4 Å². The molecular weight excluding hydrogens is 260 g/mol. The fourth-order valence-electron chi connectivity index (χ4n) is 1.94. The highest BCUT2D eigenvalue weighted by molar-refractivity contribution is 6.12. The van der Waals surface area contributed by atoms with Gasteiger partial charge >= 0.3 is 0 Å². The molecule has 4 N–H and O–H groups in total. The van der Waals surface area contributed by atoms with Crippen LogP contribution in [0.5, 0.6) is 0 Å². The van der Waals surface area contributed by atoms with Gasteiger partial charge in [-0.2, -0.15) is 0 Å². The van der Waals surface area contributed by atoms with Gasteiger partial charge in [0, 0.05) is 29.7 Å². The number of allylic oxidation sites excluding steroid dienone is 1. The van der Waals surface area contributed by atoms with E-state index in [-0.39, 0.29) is 0 Å². The zero-order valence-corrected chi connectivity index (χ0v) is 12.1. The van der Waals surface area contributed by atoms with E-state index in [4.69, 9.17) is 11.1 Å². The number of nitrogens with one attached hydrogen (secondary N) is 2. The first-order valence-corrected chi connectivity index (χ1v) is 7.02. The Kier molecular flexibility index (Phi) is 5.10. The van der Waals surface area contributed by atoms with Crippen LogP contribution in [0.1, 0.15) is 24.6 Å². The van der Waals surface area contributed by atoms with Gasteiger partial charge in [0.25, 0.3) is 0 Å². The molecule has 2 rings (SSSR count). The fraction of sp³-hybridized carbons (Fsp3) is 0.176. The predicted octanol–water partition coefficient (Wildman–Crippen LogP) is 3.57. The van der Waals surface area contributed by atoms with Crippen molar-refractivity contribution in [2.75, 3.05) is 17.6 Å². The lowest BCUT2D eigenvalue weighted by Gasteiger charge is -2.11. The molecule has 0 aliphatic heterocycles. The van der Waals surface area contributed by atoms with Crippen LogP contribution >= 0.6 is 0 Å². The maximum atomic E-state index is 8.23. The highest BCUT2D eigenvalue weighted by Gasteiger charge is 2.06. The molecule has 0 atom stereocenters. The lowest BCUT2D eigenvalue weighted by Crippen LogP contribution is -2.07. The number of nitrogens with zero attached hydrogens (tertiary/aromatic N) is 1. The fourth-order valence-corrected chi connectivity index (χ4v) is 1.94. The molecule has 4 nitrogen and oxygen atoms in total. The molecule has 4 heteroatoms. The second kappa shape index (κ2) is 7.24. The summed E-state index contributed by atoms with van der Waals surface area (Å²) in [7, 11) is 0. The number of pyridine rings is 1. The van der Waals surface area contributed by atoms with E-state index in [1.54, 1.807) is 12.3 Å². The summed E-state index contributed by atoms with van der Waals surface area (Å²) < 4.78 is 0. The number of benzene rings is 1. The summed E-state index contributed by atoms with van der Waals surface area (Å²) >= 11 is 0. The van der Waals surface area contributed by atoms with E-state index >= 15 is 0 Å². The van der Waals surface area contributed by atoms with E-state index in [1.807, 2.05) is 42.5 Å². The normalized spacial score (nSPS) is 10.7. The second-order valence-corrected chi connectivity index (χ2v) is 4.73. The average Bonchev–Trinajstić information content (AvgIpc) is 2.51. The van der Waals surface area contributed by atoms with Gasteiger partial charge in [-0.3, -0.25) is 4.98 Å². The van der Waals surface area contributed by atoms with Gasteiger partial charge in [0.2, 0.25) is 0 Å². The van der Waals surface area contributed by atoms with Crippen molar-refractivity contribution >= 4 is 23.2 Å². The van der Waals surface area contributed by atoms with Crippen LogP contribution in [-0.4, -0.2) is 17.2 Å². The van der Waals surface area contributed by atoms with E-state index in [1.165, 1.54) is 0 Å². The van der Waals surface area contributed by atoms with E-state index < -0.39 is 0 Å². The molecule has 21 heavy (non-hydrogen) atoms. The molecule has 0 fully saturated rings. The van der Waals surface area contributed by atoms with Gasteiger partial charge in [-0.15, -0.1) is 0 Å². The van der Waals surface area contributed by atoms with Crippen LogP contribution in [0.2, 0.25) is 0 Å². The van der Waals surface area contributed by atoms with Crippen molar-refractivity contribution in [2.24, 2.45) is 0 Å². The van der Waals surface area contributed by atoms with Crippen LogP contribution in [0.3, 0.4) is 0 Å². The first-order valence-electron chi connectivity index (χ1n) is 7.02. The maximum Gasteiger partial charge on any atom is 0.0633 e. The number of hydrogen-bond donors (Lipinski definition) is 3. The highest BCUT2D eigenvalue weighted by Crippen LogP contribution is 2.20. The molecule has 0 radical (unpaired) electrons. The molecule has 2 aromatic rings. The smallest absolute Gasteiger partial charge is 0.0633 e. The largest absolute Gasteiger partial charge is 0.399 e. The molecule has 0 aliphatic rings. The molecule has 0 aliphatic carbocycles. The molecule has 108 valence electrons. The number of nitrogens with two attached hydrogens (primary N) is 1. The Morgan fingerprint density at radius 2 is 2.19 bits per heavy atom. The molecule has 1 heterocycles. The minimum atomic E-state index is 0.430. The molecule has 1 aromatic carbocycles. The quantitative estimate of drug-likeness (QED) is 0.559. The van der Waals surface area contributed by atoms with Crippen LogP contribution in [0.25, 0.3) is 6.08 Å². The summed E-state index contributed by atoms with van der Waals surface area (Å²) in [5, 5.41) is 11.5. The first-order chi connectivity index (χ1) is 10.2. The molecule has 0 unspecified atom stereocenters. The van der Waals surface area contributed by atoms with Crippen LogP contribution in [0, 0.1) is 5.41 Å². The molecule has 0 amide bonds. The van der Waals surface area contributed by atoms with E-state index in [0.29, 0.717) is 11.4 Å². The predicted molar refractivity (Wildman–Crippen MR) is 89.7 cm³/mol. The van der Waals surface area contributed by atoms with Gasteiger partial charge in [0.15, 0.2) is 0 Å². The van der Waals surface area contributed by atoms with Crippen molar-refractivity contribution in [2.45, 2.75) is 13.3 Å². The molecule has 0 bridgehead atoms. The van der Waals surface area contributed by atoms with Crippen molar-refractivity contribution in [1.82, 2.24) is 4.98 Å². The molecule has 0 saturated carbocycles. The van der Waals surface area contributed by atoms with E-state index in [9.17, 15) is 0 Å². The third-order valence-corrected chi connectivity index (χ3v) is 3.01. The lowest BCUT2D eigenvalue weighted by atomic mass is 10.1. The topological polar surface area (TPSA) is 74.8 Å². The van der Waals surface area contributed by atoms with E-state index in [0.717, 1.165) is 29.9 Å². The number of nitrogen functional groups attached to an aromatic ring is 1. The molecule has 1 aromatic heterocycles. The highest BCUT2D eigenvalue weighted by atomic mass is 14.9. The number of hydrogen-bond acceptors (Lipinski definition) is 4. The van der Waals surface area contributed by atoms with E-state index in [2.05, 4.69) is 17.2 Å². The first kappa shape index (κ1) is 14.8. The van der Waals surface area contributed by atoms with Crippen LogP contribution in [0.4, 0.5) is 11.4 Å². The molecular formula is C17H20N4. The second-order valence-electron chi connectivity index (χ2n) is 4.73. The SMILES string of the molecule is CCCNc1cc(N)ccc1C(=N)/C=C/c1ccccn1. The summed E-state index contributed by atoms with van der Waals surface area (Å²) in [5.74, 6) is 0. The van der Waals surface area contributed by atoms with Gasteiger partial charge in [-0.25, -0.2) is 0 Å². The number of anilines is 2. The number of rotatable bonds is 6. The summed E-state index contributed by atoms with van der Waals surface area (Å²) in [4.78, 5) is 4.21. The average molecular weight is 280 g/mol. The van der Waals surface area contributed by atoms with Crippen LogP contribution < -0.4 is 11.1 Å². The van der Waals surface area contributed by atoms with Gasteiger partial charge in [-0.1, -0.05) is 13.0 Å². The zero-order chi connectivity index (χ0) is 15.1. The number of aromatic nitrogens is 1. The summed E-state index contributed by atoms with van der Waals surface area (Å²) in [6, 6.07) is 11.3. The van der Waals surface area contributed by atoms with Gasteiger partial charge < -0.3 is 16.5 Å². The molecule has 0 saturated heterocycles. The van der Waals surface area contributed by atoms with Crippen molar-refractivity contribution in [3.63, 3.8) is 0 Å².